The van der Waals surface area contributed by atoms with Crippen LogP contribution in [0, 0.1) is 6.92 Å². The third kappa shape index (κ3) is 4.71. The number of benzene rings is 1. The van der Waals surface area contributed by atoms with E-state index in [0.29, 0.717) is 18.2 Å². The molecule has 1 aromatic carbocycles. The highest BCUT2D eigenvalue weighted by molar-refractivity contribution is 5.98. The fraction of sp³-hybridized carbons (Fsp3) is 0.500. The van der Waals surface area contributed by atoms with Crippen molar-refractivity contribution in [2.75, 3.05) is 19.7 Å². The standard InChI is InChI=1S/C18H24N2O5/c1-11(2)15-6-5-14(9-12(15)3)24-10-16(21)25-13(4)17(22)20-8-7-19-18(20)23/h5-6,9,11,13H,7-8,10H2,1-4H3,(H,19,23). The van der Waals surface area contributed by atoms with Crippen molar-refractivity contribution in [3.8, 4) is 5.75 Å². The van der Waals surface area contributed by atoms with E-state index in [9.17, 15) is 14.4 Å². The Balaban J connectivity index is 1.85. The minimum absolute atomic E-state index is 0.275. The van der Waals surface area contributed by atoms with Gasteiger partial charge in [0.05, 0.1) is 0 Å². The lowest BCUT2D eigenvalue weighted by Gasteiger charge is -2.18. The Hall–Kier alpha value is -2.57. The number of aryl methyl sites for hydroxylation is 1. The van der Waals surface area contributed by atoms with Crippen LogP contribution in [0.2, 0.25) is 0 Å². The van der Waals surface area contributed by atoms with Crippen LogP contribution in [0.5, 0.6) is 5.75 Å². The van der Waals surface area contributed by atoms with Gasteiger partial charge in [-0.3, -0.25) is 9.69 Å². The van der Waals surface area contributed by atoms with Crippen molar-refractivity contribution >= 4 is 17.9 Å². The number of rotatable bonds is 6. The third-order valence-electron chi connectivity index (χ3n) is 4.00. The van der Waals surface area contributed by atoms with Gasteiger partial charge in [0, 0.05) is 13.1 Å². The largest absolute Gasteiger partial charge is 0.482 e. The maximum atomic E-state index is 12.1. The molecule has 0 aliphatic carbocycles. The van der Waals surface area contributed by atoms with E-state index in [0.717, 1.165) is 10.5 Å². The van der Waals surface area contributed by atoms with Gasteiger partial charge in [0.2, 0.25) is 0 Å². The molecule has 25 heavy (non-hydrogen) atoms. The molecule has 1 aliphatic heterocycles. The van der Waals surface area contributed by atoms with Crippen molar-refractivity contribution in [3.63, 3.8) is 0 Å². The van der Waals surface area contributed by atoms with E-state index in [1.807, 2.05) is 19.1 Å². The summed E-state index contributed by atoms with van der Waals surface area (Å²) in [5.74, 6) is -0.225. The predicted octanol–water partition coefficient (Wildman–Crippen LogP) is 1.98. The lowest BCUT2D eigenvalue weighted by Crippen LogP contribution is -2.42. The van der Waals surface area contributed by atoms with E-state index in [4.69, 9.17) is 9.47 Å². The molecule has 1 atom stereocenters. The van der Waals surface area contributed by atoms with Crippen LogP contribution < -0.4 is 10.1 Å². The van der Waals surface area contributed by atoms with Crippen molar-refractivity contribution in [3.05, 3.63) is 29.3 Å². The van der Waals surface area contributed by atoms with Gasteiger partial charge in [-0.15, -0.1) is 0 Å². The van der Waals surface area contributed by atoms with Crippen LogP contribution in [0.4, 0.5) is 4.79 Å². The number of urea groups is 1. The second kappa shape index (κ2) is 8.00. The Morgan fingerprint density at radius 3 is 2.56 bits per heavy atom. The number of carbonyl (C=O) groups is 3. The van der Waals surface area contributed by atoms with Crippen molar-refractivity contribution in [2.24, 2.45) is 0 Å². The smallest absolute Gasteiger partial charge is 0.344 e. The summed E-state index contributed by atoms with van der Waals surface area (Å²) in [5, 5.41) is 2.52. The highest BCUT2D eigenvalue weighted by Gasteiger charge is 2.31. The van der Waals surface area contributed by atoms with Crippen LogP contribution in [0.3, 0.4) is 0 Å². The number of hydrogen-bond acceptors (Lipinski definition) is 5. The first-order chi connectivity index (χ1) is 11.8. The molecule has 0 bridgehead atoms. The summed E-state index contributed by atoms with van der Waals surface area (Å²) in [6.07, 6.45) is -1.04. The van der Waals surface area contributed by atoms with Crippen LogP contribution >= 0.6 is 0 Å². The van der Waals surface area contributed by atoms with E-state index in [-0.39, 0.29) is 13.2 Å². The van der Waals surface area contributed by atoms with Crippen LogP contribution in [-0.4, -0.2) is 48.6 Å². The van der Waals surface area contributed by atoms with Gasteiger partial charge in [0.15, 0.2) is 12.7 Å². The Morgan fingerprint density at radius 2 is 2.00 bits per heavy atom. The Kier molecular flexibility index (Phi) is 6.01. The van der Waals surface area contributed by atoms with E-state index in [2.05, 4.69) is 19.2 Å². The topological polar surface area (TPSA) is 84.9 Å². The zero-order valence-corrected chi connectivity index (χ0v) is 15.0. The van der Waals surface area contributed by atoms with Crippen LogP contribution in [0.25, 0.3) is 0 Å². The van der Waals surface area contributed by atoms with Crippen molar-refractivity contribution in [2.45, 2.75) is 39.7 Å². The number of amides is 3. The zero-order valence-electron chi connectivity index (χ0n) is 15.0. The predicted molar refractivity (Wildman–Crippen MR) is 91.4 cm³/mol. The molecule has 1 saturated heterocycles. The summed E-state index contributed by atoms with van der Waals surface area (Å²) in [4.78, 5) is 36.4. The van der Waals surface area contributed by atoms with Gasteiger partial charge < -0.3 is 14.8 Å². The molecule has 1 fully saturated rings. The molecule has 1 unspecified atom stereocenters. The van der Waals surface area contributed by atoms with Gasteiger partial charge in [0.25, 0.3) is 5.91 Å². The molecule has 0 saturated carbocycles. The quantitative estimate of drug-likeness (QED) is 0.795. The minimum atomic E-state index is -1.04. The highest BCUT2D eigenvalue weighted by atomic mass is 16.6. The molecule has 1 N–H and O–H groups in total. The van der Waals surface area contributed by atoms with Crippen LogP contribution in [0.1, 0.15) is 37.8 Å². The lowest BCUT2D eigenvalue weighted by atomic mass is 9.98. The maximum Gasteiger partial charge on any atom is 0.344 e. The zero-order chi connectivity index (χ0) is 18.6. The average Bonchev–Trinajstić information content (AvgIpc) is 2.97. The molecule has 0 aromatic heterocycles. The van der Waals surface area contributed by atoms with E-state index in [1.165, 1.54) is 12.5 Å². The third-order valence-corrected chi connectivity index (χ3v) is 4.00. The number of hydrogen-bond donors (Lipinski definition) is 1. The van der Waals surface area contributed by atoms with E-state index < -0.39 is 24.0 Å². The summed E-state index contributed by atoms with van der Waals surface area (Å²) >= 11 is 0. The fourth-order valence-corrected chi connectivity index (χ4v) is 2.71. The number of carbonyl (C=O) groups excluding carboxylic acids is 3. The van der Waals surface area contributed by atoms with Crippen LogP contribution in [0.15, 0.2) is 18.2 Å². The molecule has 7 nitrogen and oxygen atoms in total. The molecule has 0 radical (unpaired) electrons. The summed E-state index contributed by atoms with van der Waals surface area (Å²) in [6.45, 7) is 8.02. The molecule has 136 valence electrons. The summed E-state index contributed by atoms with van der Waals surface area (Å²) in [6, 6.07) is 5.17. The second-order valence-electron chi connectivity index (χ2n) is 6.32. The molecular weight excluding hydrogens is 324 g/mol. The molecule has 1 aliphatic rings. The van der Waals surface area contributed by atoms with Gasteiger partial charge >= 0.3 is 12.0 Å². The first-order valence-electron chi connectivity index (χ1n) is 8.31. The van der Waals surface area contributed by atoms with Gasteiger partial charge in [-0.1, -0.05) is 19.9 Å². The number of imide groups is 1. The molecule has 1 aromatic rings. The van der Waals surface area contributed by atoms with Crippen molar-refractivity contribution in [1.29, 1.82) is 0 Å². The summed E-state index contributed by atoms with van der Waals surface area (Å²) in [7, 11) is 0. The fourth-order valence-electron chi connectivity index (χ4n) is 2.71. The summed E-state index contributed by atoms with van der Waals surface area (Å²) < 4.78 is 10.5. The Labute approximate surface area is 147 Å². The van der Waals surface area contributed by atoms with E-state index >= 15 is 0 Å². The number of ether oxygens (including phenoxy) is 2. The average molecular weight is 348 g/mol. The first kappa shape index (κ1) is 18.8. The van der Waals surface area contributed by atoms with Gasteiger partial charge in [-0.2, -0.15) is 0 Å². The summed E-state index contributed by atoms with van der Waals surface area (Å²) in [5.41, 5.74) is 2.31. The van der Waals surface area contributed by atoms with Gasteiger partial charge in [-0.25, -0.2) is 9.59 Å². The van der Waals surface area contributed by atoms with Crippen LogP contribution in [-0.2, 0) is 14.3 Å². The Bertz CT molecular complexity index is 671. The maximum absolute atomic E-state index is 12.1. The first-order valence-corrected chi connectivity index (χ1v) is 8.31. The highest BCUT2D eigenvalue weighted by Crippen LogP contribution is 2.23. The second-order valence-corrected chi connectivity index (χ2v) is 6.32. The monoisotopic (exact) mass is 348 g/mol. The van der Waals surface area contributed by atoms with Crippen molar-refractivity contribution < 1.29 is 23.9 Å². The molecule has 0 spiro atoms. The lowest BCUT2D eigenvalue weighted by molar-refractivity contribution is -0.159. The molecule has 2 rings (SSSR count). The molecule has 1 heterocycles. The number of esters is 1. The minimum Gasteiger partial charge on any atom is -0.482 e. The van der Waals surface area contributed by atoms with Gasteiger partial charge in [0.1, 0.15) is 5.75 Å². The van der Waals surface area contributed by atoms with E-state index in [1.54, 1.807) is 6.07 Å². The van der Waals surface area contributed by atoms with Gasteiger partial charge in [-0.05, 0) is 43.0 Å². The molecule has 7 heteroatoms. The number of nitrogens with one attached hydrogen (secondary N) is 1. The molecule has 3 amide bonds. The normalized spacial score (nSPS) is 15.1. The van der Waals surface area contributed by atoms with Crippen molar-refractivity contribution in [1.82, 2.24) is 10.2 Å². The molecular formula is C18H24N2O5. The number of nitrogens with zero attached hydrogens (tertiary/aromatic N) is 1. The SMILES string of the molecule is Cc1cc(OCC(=O)OC(C)C(=O)N2CCNC2=O)ccc1C(C)C. The Morgan fingerprint density at radius 1 is 1.28 bits per heavy atom.